The minimum absolute atomic E-state index is 0.246. The van der Waals surface area contributed by atoms with E-state index in [4.69, 9.17) is 10.7 Å². The first kappa shape index (κ1) is 14.0. The van der Waals surface area contributed by atoms with Crippen LogP contribution >= 0.6 is 10.7 Å². The van der Waals surface area contributed by atoms with Crippen molar-refractivity contribution in [1.29, 1.82) is 0 Å². The molecule has 0 amide bonds. The largest absolute Gasteiger partial charge is 0.573 e. The molecular weight excluding hydrogens is 290 g/mol. The molecule has 1 aromatic rings. The molecule has 0 saturated heterocycles. The van der Waals surface area contributed by atoms with Gasteiger partial charge in [0.2, 0.25) is 0 Å². The minimum atomic E-state index is -5.10. The zero-order chi connectivity index (χ0) is 13.4. The van der Waals surface area contributed by atoms with Crippen molar-refractivity contribution in [2.24, 2.45) is 0 Å². The summed E-state index contributed by atoms with van der Waals surface area (Å²) in [6, 6.07) is 0.246. The average molecular weight is 294 g/mol. The first-order valence-corrected chi connectivity index (χ1v) is 6.19. The molecule has 96 valence electrons. The predicted molar refractivity (Wildman–Crippen MR) is 48.7 cm³/mol. The summed E-state index contributed by atoms with van der Waals surface area (Å²) in [4.78, 5) is 3.20. The normalized spacial score (nSPS) is 12.6. The highest BCUT2D eigenvalue weighted by atomic mass is 35.7. The lowest BCUT2D eigenvalue weighted by Crippen LogP contribution is -2.19. The van der Waals surface area contributed by atoms with Gasteiger partial charge in [0.05, 0.1) is 5.69 Å². The monoisotopic (exact) mass is 293 g/mol. The molecule has 0 aliphatic carbocycles. The van der Waals surface area contributed by atoms with Crippen molar-refractivity contribution in [3.05, 3.63) is 17.6 Å². The van der Waals surface area contributed by atoms with Crippen LogP contribution in [0.4, 0.5) is 17.6 Å². The van der Waals surface area contributed by atoms with Crippen LogP contribution in [0.3, 0.4) is 0 Å². The van der Waals surface area contributed by atoms with Crippen LogP contribution in [0.25, 0.3) is 0 Å². The lowest BCUT2D eigenvalue weighted by Gasteiger charge is -2.11. The number of aryl methyl sites for hydroxylation is 1. The third kappa shape index (κ3) is 3.70. The summed E-state index contributed by atoms with van der Waals surface area (Å²) in [5.74, 6) is -2.71. The van der Waals surface area contributed by atoms with E-state index in [-0.39, 0.29) is 6.07 Å². The molecule has 0 radical (unpaired) electrons. The summed E-state index contributed by atoms with van der Waals surface area (Å²) < 4.78 is 73.8. The fourth-order valence-corrected chi connectivity index (χ4v) is 1.69. The Morgan fingerprint density at radius 1 is 1.41 bits per heavy atom. The molecule has 0 bridgehead atoms. The van der Waals surface area contributed by atoms with Gasteiger partial charge in [-0.15, -0.1) is 13.2 Å². The lowest BCUT2D eigenvalue weighted by molar-refractivity contribution is -0.276. The highest BCUT2D eigenvalue weighted by Gasteiger charge is 2.34. The number of ether oxygens (including phenoxy) is 1. The van der Waals surface area contributed by atoms with Crippen molar-refractivity contribution in [3.63, 3.8) is 0 Å². The van der Waals surface area contributed by atoms with Crippen LogP contribution in [0.1, 0.15) is 5.69 Å². The number of hydrogen-bond acceptors (Lipinski definition) is 4. The quantitative estimate of drug-likeness (QED) is 0.620. The summed E-state index contributed by atoms with van der Waals surface area (Å²) in [6.07, 6.45) is -5.10. The number of nitrogens with zero attached hydrogens (tertiary/aromatic N) is 1. The molecular formula is C7H4ClF4NO3S. The molecule has 10 heteroatoms. The number of pyridine rings is 1. The number of halogens is 5. The van der Waals surface area contributed by atoms with Crippen molar-refractivity contribution in [3.8, 4) is 5.75 Å². The molecule has 1 aromatic heterocycles. The van der Waals surface area contributed by atoms with Gasteiger partial charge < -0.3 is 4.74 Å². The van der Waals surface area contributed by atoms with Crippen LogP contribution in [-0.4, -0.2) is 19.8 Å². The van der Waals surface area contributed by atoms with Gasteiger partial charge in [0.25, 0.3) is 9.05 Å². The van der Waals surface area contributed by atoms with E-state index in [2.05, 4.69) is 9.72 Å². The van der Waals surface area contributed by atoms with E-state index in [9.17, 15) is 26.0 Å². The van der Waals surface area contributed by atoms with Gasteiger partial charge in [-0.2, -0.15) is 0 Å². The van der Waals surface area contributed by atoms with Crippen LogP contribution in [0, 0.1) is 12.7 Å². The molecule has 0 aromatic carbocycles. The number of aromatic nitrogens is 1. The molecule has 17 heavy (non-hydrogen) atoms. The summed E-state index contributed by atoms with van der Waals surface area (Å²) in [5.41, 5.74) is -0.582. The van der Waals surface area contributed by atoms with Crippen LogP contribution in [0.15, 0.2) is 11.1 Å². The molecule has 0 unspecified atom stereocenters. The highest BCUT2D eigenvalue weighted by molar-refractivity contribution is 8.13. The number of hydrogen-bond donors (Lipinski definition) is 0. The Balaban J connectivity index is 3.30. The molecule has 4 nitrogen and oxygen atoms in total. The topological polar surface area (TPSA) is 56.3 Å². The zero-order valence-electron chi connectivity index (χ0n) is 8.05. The molecule has 0 aliphatic heterocycles. The second-order valence-corrected chi connectivity index (χ2v) is 5.36. The number of alkyl halides is 3. The van der Waals surface area contributed by atoms with E-state index in [1.54, 1.807) is 0 Å². The molecule has 1 rings (SSSR count). The fourth-order valence-electron chi connectivity index (χ4n) is 0.958. The smallest absolute Gasteiger partial charge is 0.401 e. The molecule has 0 saturated carbocycles. The maximum absolute atomic E-state index is 13.2. The van der Waals surface area contributed by atoms with E-state index in [0.717, 1.165) is 6.92 Å². The highest BCUT2D eigenvalue weighted by Crippen LogP contribution is 2.29. The lowest BCUT2D eigenvalue weighted by atomic mass is 10.3. The molecule has 1 heterocycles. The minimum Gasteiger partial charge on any atom is -0.401 e. The van der Waals surface area contributed by atoms with Crippen LogP contribution < -0.4 is 4.74 Å². The third-order valence-electron chi connectivity index (χ3n) is 1.54. The Hall–Kier alpha value is -1.09. The SMILES string of the molecule is Cc1nc(S(=O)(=O)Cl)cc(F)c1OC(F)(F)F. The molecule has 0 fully saturated rings. The van der Waals surface area contributed by atoms with Crippen molar-refractivity contribution < 1.29 is 30.7 Å². The van der Waals surface area contributed by atoms with Crippen molar-refractivity contribution in [2.75, 3.05) is 0 Å². The fraction of sp³-hybridized carbons (Fsp3) is 0.286. The van der Waals surface area contributed by atoms with Crippen molar-refractivity contribution in [1.82, 2.24) is 4.98 Å². The zero-order valence-corrected chi connectivity index (χ0v) is 9.62. The van der Waals surface area contributed by atoms with Gasteiger partial charge in [-0.1, -0.05) is 0 Å². The summed E-state index contributed by atoms with van der Waals surface area (Å²) in [7, 11) is 0.544. The van der Waals surface area contributed by atoms with E-state index in [1.807, 2.05) is 0 Å². The van der Waals surface area contributed by atoms with Crippen LogP contribution in [0.2, 0.25) is 0 Å². The average Bonchev–Trinajstić information content (AvgIpc) is 2.07. The van der Waals surface area contributed by atoms with Gasteiger partial charge in [-0.05, 0) is 6.92 Å². The second-order valence-electron chi connectivity index (χ2n) is 2.84. The Morgan fingerprint density at radius 3 is 2.29 bits per heavy atom. The molecule has 0 spiro atoms. The van der Waals surface area contributed by atoms with Gasteiger partial charge >= 0.3 is 6.36 Å². The first-order valence-electron chi connectivity index (χ1n) is 3.88. The molecule has 0 N–H and O–H groups in total. The van der Waals surface area contributed by atoms with Crippen LogP contribution in [-0.2, 0) is 9.05 Å². The molecule has 0 aliphatic rings. The predicted octanol–water partition coefficient (Wildman–Crippen LogP) is 2.36. The summed E-state index contributed by atoms with van der Waals surface area (Å²) in [6.45, 7) is 0.954. The van der Waals surface area contributed by atoms with Gasteiger partial charge in [0.15, 0.2) is 16.6 Å². The second kappa shape index (κ2) is 4.30. The Labute approximate surface area is 97.6 Å². The van der Waals surface area contributed by atoms with Crippen LogP contribution in [0.5, 0.6) is 5.75 Å². The van der Waals surface area contributed by atoms with E-state index in [1.165, 1.54) is 0 Å². The Kier molecular flexibility index (Phi) is 3.53. The maximum Gasteiger partial charge on any atom is 0.573 e. The Bertz CT molecular complexity index is 520. The van der Waals surface area contributed by atoms with Crippen molar-refractivity contribution >= 4 is 19.7 Å². The summed E-state index contributed by atoms with van der Waals surface area (Å²) in [5, 5.41) is -0.885. The third-order valence-corrected chi connectivity index (χ3v) is 2.72. The van der Waals surface area contributed by atoms with Gasteiger partial charge in [-0.3, -0.25) is 0 Å². The first-order chi connectivity index (χ1) is 7.50. The van der Waals surface area contributed by atoms with Gasteiger partial charge in [0, 0.05) is 16.7 Å². The van der Waals surface area contributed by atoms with E-state index >= 15 is 0 Å². The molecule has 0 atom stereocenters. The van der Waals surface area contributed by atoms with E-state index in [0.29, 0.717) is 0 Å². The Morgan fingerprint density at radius 2 is 1.94 bits per heavy atom. The van der Waals surface area contributed by atoms with Crippen molar-refractivity contribution in [2.45, 2.75) is 18.3 Å². The summed E-state index contributed by atoms with van der Waals surface area (Å²) >= 11 is 0. The van der Waals surface area contributed by atoms with Gasteiger partial charge in [0.1, 0.15) is 0 Å². The van der Waals surface area contributed by atoms with E-state index < -0.39 is 37.7 Å². The standard InChI is InChI=1S/C7H4ClF4NO3S/c1-3-6(16-7(10,11)12)4(9)2-5(13-3)17(8,14)15/h2H,1H3. The number of rotatable bonds is 2. The maximum atomic E-state index is 13.2. The van der Waals surface area contributed by atoms with Gasteiger partial charge in [-0.25, -0.2) is 17.8 Å².